The van der Waals surface area contributed by atoms with Gasteiger partial charge in [-0.2, -0.15) is 0 Å². The van der Waals surface area contributed by atoms with Gasteiger partial charge in [-0.25, -0.2) is 19.9 Å². The summed E-state index contributed by atoms with van der Waals surface area (Å²) in [6, 6.07) is 11.0. The van der Waals surface area contributed by atoms with Gasteiger partial charge in [0.1, 0.15) is 23.3 Å². The van der Waals surface area contributed by atoms with Gasteiger partial charge in [0.15, 0.2) is 0 Å². The highest BCUT2D eigenvalue weighted by Crippen LogP contribution is 2.53. The third-order valence-electron chi connectivity index (χ3n) is 11.2. The van der Waals surface area contributed by atoms with Gasteiger partial charge >= 0.3 is 11.9 Å². The van der Waals surface area contributed by atoms with Crippen molar-refractivity contribution in [3.05, 3.63) is 79.1 Å². The Morgan fingerprint density at radius 3 is 1.83 bits per heavy atom. The molecule has 0 unspecified atom stereocenters. The first kappa shape index (κ1) is 38.8. The topological polar surface area (TPSA) is 226 Å². The fourth-order valence-electron chi connectivity index (χ4n) is 7.31. The van der Waals surface area contributed by atoms with E-state index >= 15 is 0 Å². The van der Waals surface area contributed by atoms with Crippen LogP contribution >= 0.6 is 0 Å². The van der Waals surface area contributed by atoms with E-state index < -0.39 is 10.8 Å². The van der Waals surface area contributed by atoms with Crippen LogP contribution < -0.4 is 21.7 Å². The molecule has 0 aliphatic heterocycles. The molecule has 0 radical (unpaired) electrons. The Morgan fingerprint density at radius 1 is 0.729 bits per heavy atom. The summed E-state index contributed by atoms with van der Waals surface area (Å²) >= 11 is 0. The molecule has 300 valence electrons. The zero-order valence-corrected chi connectivity index (χ0v) is 33.1. The highest BCUT2D eigenvalue weighted by Gasteiger charge is 2.56. The number of carbonyl (C=O) groups is 4. The molecule has 5 N–H and O–H groups in total. The van der Waals surface area contributed by atoms with E-state index in [1.165, 1.54) is 13.8 Å². The van der Waals surface area contributed by atoms with Crippen LogP contribution in [0.3, 0.4) is 0 Å². The second kappa shape index (κ2) is 15.0. The van der Waals surface area contributed by atoms with E-state index in [4.69, 9.17) is 25.2 Å². The molecule has 0 aromatic carbocycles. The lowest BCUT2D eigenvalue weighted by Crippen LogP contribution is -2.21. The van der Waals surface area contributed by atoms with Gasteiger partial charge in [-0.05, 0) is 72.5 Å². The summed E-state index contributed by atoms with van der Waals surface area (Å²) in [6.07, 6.45) is 11.2. The van der Waals surface area contributed by atoms with Gasteiger partial charge in [0.2, 0.25) is 11.8 Å². The summed E-state index contributed by atoms with van der Waals surface area (Å²) in [5.41, 5.74) is 9.85. The Bertz CT molecular complexity index is 2710. The predicted octanol–water partition coefficient (Wildman–Crippen LogP) is 6.39. The predicted molar refractivity (Wildman–Crippen MR) is 221 cm³/mol. The van der Waals surface area contributed by atoms with Crippen molar-refractivity contribution in [2.24, 2.45) is 22.7 Å². The molecule has 0 saturated heterocycles. The number of pyridine rings is 6. The van der Waals surface area contributed by atoms with E-state index in [9.17, 15) is 19.2 Å². The summed E-state index contributed by atoms with van der Waals surface area (Å²) < 4.78 is 10.4. The Hall–Kier alpha value is -7.10. The van der Waals surface area contributed by atoms with Crippen molar-refractivity contribution in [2.75, 3.05) is 34.9 Å². The second-order valence-corrected chi connectivity index (χ2v) is 15.9. The van der Waals surface area contributed by atoms with E-state index in [-0.39, 0.29) is 54.6 Å². The highest BCUT2D eigenvalue weighted by atomic mass is 16.5. The second-order valence-electron chi connectivity index (χ2n) is 15.9. The maximum atomic E-state index is 13.3. The lowest BCUT2D eigenvalue weighted by molar-refractivity contribution is -0.143. The van der Waals surface area contributed by atoms with Crippen molar-refractivity contribution in [3.63, 3.8) is 0 Å². The molecule has 2 saturated carbocycles. The largest absolute Gasteiger partial charge is 0.465 e. The van der Waals surface area contributed by atoms with E-state index in [1.807, 2.05) is 39.0 Å². The van der Waals surface area contributed by atoms with E-state index in [0.29, 0.717) is 69.1 Å². The summed E-state index contributed by atoms with van der Waals surface area (Å²) in [5.74, 6) is -0.354. The number of anilines is 5. The number of amides is 2. The Morgan fingerprint density at radius 2 is 1.25 bits per heavy atom. The summed E-state index contributed by atoms with van der Waals surface area (Å²) in [7, 11) is 0. The molecule has 6 heterocycles. The van der Waals surface area contributed by atoms with Crippen molar-refractivity contribution in [1.29, 1.82) is 0 Å². The molecule has 2 fully saturated rings. The van der Waals surface area contributed by atoms with Crippen LogP contribution in [0.5, 0.6) is 0 Å². The van der Waals surface area contributed by atoms with E-state index in [2.05, 4.69) is 35.9 Å². The van der Waals surface area contributed by atoms with Gasteiger partial charge in [0.05, 0.1) is 30.3 Å². The molecule has 2 amide bonds. The number of carbonyl (C=O) groups excluding carboxylic acids is 4. The lowest BCUT2D eigenvalue weighted by Gasteiger charge is -2.16. The third kappa shape index (κ3) is 8.06. The molecule has 16 nitrogen and oxygen atoms in total. The molecule has 6 aromatic heterocycles. The van der Waals surface area contributed by atoms with Gasteiger partial charge in [0.25, 0.3) is 0 Å². The Labute approximate surface area is 338 Å². The van der Waals surface area contributed by atoms with Crippen LogP contribution in [0, 0.1) is 29.6 Å². The summed E-state index contributed by atoms with van der Waals surface area (Å²) in [5, 5.41) is 12.1. The Balaban J connectivity index is 1.10. The number of ether oxygens (including phenoxy) is 2. The standard InChI is InChI=1S/C43H42N10O6/c1-22-6-8-45-16-27(22)34-11-26-13-37(53-41(57)32-15-43(32,5)21-59-24(3)55)48-19-29(26)39(51-34)50-33-7-9-46-17-30(33)35-10-25-12-36(47-18-28(25)38(44)49-35)52-40(56)31-14-42(31,4)20-58-23(2)54/h6-13,16-19,31-32H,14-15,20-21H2,1-5H3,(H2,44,49)(H,46,50,51)(H,47,52,56)(H,48,53,57)/t31-,32+,42-,43+/m1/s1. The zero-order chi connectivity index (χ0) is 41.6. The number of esters is 2. The molecule has 8 rings (SSSR count). The van der Waals surface area contributed by atoms with Crippen LogP contribution in [0.2, 0.25) is 0 Å². The van der Waals surface area contributed by atoms with Gasteiger partial charge in [0, 0.05) is 95.6 Å². The molecule has 2 aliphatic carbocycles. The van der Waals surface area contributed by atoms with Crippen molar-refractivity contribution < 1.29 is 28.7 Å². The van der Waals surface area contributed by atoms with Crippen molar-refractivity contribution in [2.45, 2.75) is 47.5 Å². The molecule has 0 spiro atoms. The summed E-state index contributed by atoms with van der Waals surface area (Å²) in [4.78, 5) is 76.6. The zero-order valence-electron chi connectivity index (χ0n) is 33.1. The van der Waals surface area contributed by atoms with Gasteiger partial charge in [-0.15, -0.1) is 0 Å². The molecule has 59 heavy (non-hydrogen) atoms. The molecule has 0 bridgehead atoms. The number of nitrogens with two attached hydrogens (primary N) is 1. The van der Waals surface area contributed by atoms with Gasteiger partial charge in [-0.3, -0.25) is 29.1 Å². The molecule has 16 heteroatoms. The number of nitrogen functional groups attached to an aromatic ring is 1. The number of hydrogen-bond donors (Lipinski definition) is 4. The minimum atomic E-state index is -0.423. The van der Waals surface area contributed by atoms with E-state index in [0.717, 1.165) is 16.5 Å². The molecule has 4 atom stereocenters. The number of nitrogens with zero attached hydrogens (tertiary/aromatic N) is 6. The smallest absolute Gasteiger partial charge is 0.302 e. The molecular weight excluding hydrogens is 753 g/mol. The number of nitrogens with one attached hydrogen (secondary N) is 3. The fraction of sp³-hybridized carbons (Fsp3) is 0.302. The SMILES string of the molecule is CC(=O)OC[C@@]1(C)C[C@@H]1C(=O)Nc1cc2cc(-c3cnccc3Nc3nc(-c4cnccc4C)cc4cc(NC(=O)[C@@H]5C[C@@]5(C)COC(C)=O)ncc34)nc(N)c2cn1. The first-order valence-electron chi connectivity index (χ1n) is 19.1. The van der Waals surface area contributed by atoms with E-state index in [1.54, 1.807) is 55.4 Å². The molecule has 2 aliphatic rings. The minimum Gasteiger partial charge on any atom is -0.465 e. The first-order valence-corrected chi connectivity index (χ1v) is 19.1. The number of aryl methyl sites for hydroxylation is 1. The first-order chi connectivity index (χ1) is 28.2. The minimum absolute atomic E-state index is 0.175. The maximum Gasteiger partial charge on any atom is 0.302 e. The van der Waals surface area contributed by atoms with Crippen LogP contribution in [0.25, 0.3) is 44.1 Å². The summed E-state index contributed by atoms with van der Waals surface area (Å²) in [6.45, 7) is 8.86. The monoisotopic (exact) mass is 794 g/mol. The fourth-order valence-corrected chi connectivity index (χ4v) is 7.31. The third-order valence-corrected chi connectivity index (χ3v) is 11.2. The van der Waals surface area contributed by atoms with Crippen molar-refractivity contribution in [3.8, 4) is 22.5 Å². The van der Waals surface area contributed by atoms with Crippen molar-refractivity contribution >= 4 is 74.3 Å². The van der Waals surface area contributed by atoms with Crippen molar-refractivity contribution in [1.82, 2.24) is 29.9 Å². The number of rotatable bonds is 12. The lowest BCUT2D eigenvalue weighted by atomic mass is 10.0. The van der Waals surface area contributed by atoms with Crippen LogP contribution in [-0.2, 0) is 28.7 Å². The Kier molecular flexibility index (Phi) is 9.86. The average molecular weight is 795 g/mol. The van der Waals surface area contributed by atoms with Gasteiger partial charge < -0.3 is 31.2 Å². The van der Waals surface area contributed by atoms with Gasteiger partial charge in [-0.1, -0.05) is 13.8 Å². The van der Waals surface area contributed by atoms with Crippen LogP contribution in [-0.4, -0.2) is 66.9 Å². The van der Waals surface area contributed by atoms with Crippen LogP contribution in [0.15, 0.2) is 73.6 Å². The average Bonchev–Trinajstić information content (AvgIpc) is 4.10. The highest BCUT2D eigenvalue weighted by molar-refractivity contribution is 6.02. The molecular formula is C43H42N10O6. The number of aromatic nitrogens is 6. The quantitative estimate of drug-likeness (QED) is 0.0986. The number of fused-ring (bicyclic) bond motifs is 2. The number of hydrogen-bond acceptors (Lipinski definition) is 14. The van der Waals surface area contributed by atoms with Crippen LogP contribution in [0.4, 0.5) is 29.0 Å². The normalized spacial score (nSPS) is 20.4. The molecule has 6 aromatic rings. The van der Waals surface area contributed by atoms with Crippen LogP contribution in [0.1, 0.15) is 46.1 Å². The maximum absolute atomic E-state index is 13.3.